The van der Waals surface area contributed by atoms with Crippen molar-refractivity contribution in [3.05, 3.63) is 29.3 Å². The number of anilines is 1. The highest BCUT2D eigenvalue weighted by Crippen LogP contribution is 2.24. The second kappa shape index (κ2) is 5.55. The van der Waals surface area contributed by atoms with Crippen molar-refractivity contribution in [2.45, 2.75) is 26.2 Å². The number of hydrogen-bond donors (Lipinski definition) is 1. The summed E-state index contributed by atoms with van der Waals surface area (Å²) in [5.74, 6) is -1.81. The van der Waals surface area contributed by atoms with Crippen LogP contribution in [0.5, 0.6) is 0 Å². The zero-order valence-corrected chi connectivity index (χ0v) is 11.0. The van der Waals surface area contributed by atoms with Crippen LogP contribution in [0.4, 0.5) is 14.5 Å². The van der Waals surface area contributed by atoms with Crippen molar-refractivity contribution >= 4 is 11.6 Å². The third-order valence-corrected chi connectivity index (χ3v) is 3.81. The second-order valence-corrected chi connectivity index (χ2v) is 4.97. The molecular weight excluding hydrogens is 250 g/mol. The molecule has 5 heteroatoms. The Labute approximate surface area is 111 Å². The van der Waals surface area contributed by atoms with Crippen molar-refractivity contribution in [1.29, 1.82) is 0 Å². The maximum absolute atomic E-state index is 13.8. The van der Waals surface area contributed by atoms with Crippen LogP contribution in [-0.4, -0.2) is 23.9 Å². The summed E-state index contributed by atoms with van der Waals surface area (Å²) in [6, 6.07) is 2.16. The van der Waals surface area contributed by atoms with Crippen LogP contribution in [0.2, 0.25) is 0 Å². The maximum atomic E-state index is 13.8. The lowest BCUT2D eigenvalue weighted by atomic mass is 9.94. The molecule has 0 atom stereocenters. The first-order valence-electron chi connectivity index (χ1n) is 6.57. The van der Waals surface area contributed by atoms with E-state index in [1.165, 1.54) is 4.90 Å². The Bertz CT molecular complexity index is 483. The van der Waals surface area contributed by atoms with E-state index in [0.29, 0.717) is 19.0 Å². The molecular formula is C14H18F2N2O. The van der Waals surface area contributed by atoms with E-state index in [4.69, 9.17) is 5.73 Å². The Morgan fingerprint density at radius 2 is 2.00 bits per heavy atom. The molecule has 0 saturated carbocycles. The molecule has 0 aliphatic carbocycles. The van der Waals surface area contributed by atoms with Gasteiger partial charge in [0.05, 0.1) is 5.69 Å². The number of piperidine rings is 1. The van der Waals surface area contributed by atoms with Crippen molar-refractivity contribution in [2.75, 3.05) is 18.8 Å². The van der Waals surface area contributed by atoms with Gasteiger partial charge in [-0.25, -0.2) is 8.78 Å². The van der Waals surface area contributed by atoms with Gasteiger partial charge in [-0.05, 0) is 30.9 Å². The molecule has 19 heavy (non-hydrogen) atoms. The normalized spacial score (nSPS) is 16.7. The van der Waals surface area contributed by atoms with Crippen LogP contribution in [0.1, 0.15) is 36.5 Å². The topological polar surface area (TPSA) is 46.3 Å². The van der Waals surface area contributed by atoms with Gasteiger partial charge in [-0.3, -0.25) is 4.79 Å². The summed E-state index contributed by atoms with van der Waals surface area (Å²) < 4.78 is 27.4. The standard InChI is InChI=1S/C14H18F2N2O/c1-2-9-5-7-18(8-6-9)14(19)12-10(15)3-4-11(17)13(12)16/h3-4,9H,2,5-8,17H2,1H3. The molecule has 1 fully saturated rings. The highest BCUT2D eigenvalue weighted by molar-refractivity contribution is 5.95. The van der Waals surface area contributed by atoms with Gasteiger partial charge in [0.2, 0.25) is 0 Å². The third kappa shape index (κ3) is 2.69. The van der Waals surface area contributed by atoms with Gasteiger partial charge in [-0.2, -0.15) is 0 Å². The molecule has 0 aromatic heterocycles. The highest BCUT2D eigenvalue weighted by Gasteiger charge is 2.27. The number of benzene rings is 1. The van der Waals surface area contributed by atoms with Crippen LogP contribution in [-0.2, 0) is 0 Å². The summed E-state index contributed by atoms with van der Waals surface area (Å²) in [5, 5.41) is 0. The summed E-state index contributed by atoms with van der Waals surface area (Å²) in [6.45, 7) is 3.20. The van der Waals surface area contributed by atoms with Crippen LogP contribution in [0.3, 0.4) is 0 Å². The number of hydrogen-bond acceptors (Lipinski definition) is 2. The largest absolute Gasteiger partial charge is 0.396 e. The van der Waals surface area contributed by atoms with E-state index in [1.54, 1.807) is 0 Å². The predicted octanol–water partition coefficient (Wildman–Crippen LogP) is 2.81. The molecule has 3 nitrogen and oxygen atoms in total. The zero-order valence-electron chi connectivity index (χ0n) is 11.0. The second-order valence-electron chi connectivity index (χ2n) is 4.97. The minimum absolute atomic E-state index is 0.201. The Balaban J connectivity index is 2.19. The summed E-state index contributed by atoms with van der Waals surface area (Å²) in [5.41, 5.74) is 4.65. The highest BCUT2D eigenvalue weighted by atomic mass is 19.1. The minimum Gasteiger partial charge on any atom is -0.396 e. The van der Waals surface area contributed by atoms with Crippen LogP contribution in [0.25, 0.3) is 0 Å². The van der Waals surface area contributed by atoms with Gasteiger partial charge >= 0.3 is 0 Å². The number of carbonyl (C=O) groups excluding carboxylic acids is 1. The summed E-state index contributed by atoms with van der Waals surface area (Å²) in [4.78, 5) is 13.7. The lowest BCUT2D eigenvalue weighted by Crippen LogP contribution is -2.39. The van der Waals surface area contributed by atoms with E-state index in [9.17, 15) is 13.6 Å². The maximum Gasteiger partial charge on any atom is 0.259 e. The van der Waals surface area contributed by atoms with Gasteiger partial charge in [-0.15, -0.1) is 0 Å². The number of nitrogens with zero attached hydrogens (tertiary/aromatic N) is 1. The molecule has 1 aliphatic rings. The number of likely N-dealkylation sites (tertiary alicyclic amines) is 1. The van der Waals surface area contributed by atoms with Crippen LogP contribution >= 0.6 is 0 Å². The van der Waals surface area contributed by atoms with Gasteiger partial charge in [-0.1, -0.05) is 13.3 Å². The number of nitrogen functional groups attached to an aromatic ring is 1. The Morgan fingerprint density at radius 3 is 2.58 bits per heavy atom. The Morgan fingerprint density at radius 1 is 1.37 bits per heavy atom. The van der Waals surface area contributed by atoms with Crippen molar-refractivity contribution in [3.8, 4) is 0 Å². The van der Waals surface area contributed by atoms with Gasteiger partial charge in [0, 0.05) is 13.1 Å². The van der Waals surface area contributed by atoms with E-state index in [2.05, 4.69) is 6.92 Å². The average Bonchev–Trinajstić information content (AvgIpc) is 2.43. The fraction of sp³-hybridized carbons (Fsp3) is 0.500. The van der Waals surface area contributed by atoms with Crippen LogP contribution < -0.4 is 5.73 Å². The lowest BCUT2D eigenvalue weighted by molar-refractivity contribution is 0.0679. The molecule has 1 saturated heterocycles. The molecule has 1 heterocycles. The van der Waals surface area contributed by atoms with Gasteiger partial charge in [0.25, 0.3) is 5.91 Å². The number of halogens is 2. The fourth-order valence-electron chi connectivity index (χ4n) is 2.47. The van der Waals surface area contributed by atoms with Crippen molar-refractivity contribution in [3.63, 3.8) is 0 Å². The Kier molecular flexibility index (Phi) is 4.02. The first kappa shape index (κ1) is 13.8. The number of nitrogens with two attached hydrogens (primary N) is 1. The number of rotatable bonds is 2. The zero-order chi connectivity index (χ0) is 14.0. The smallest absolute Gasteiger partial charge is 0.259 e. The monoisotopic (exact) mass is 268 g/mol. The molecule has 1 aromatic carbocycles. The van der Waals surface area contributed by atoms with E-state index in [0.717, 1.165) is 31.4 Å². The average molecular weight is 268 g/mol. The van der Waals surface area contributed by atoms with Gasteiger partial charge < -0.3 is 10.6 Å². The van der Waals surface area contributed by atoms with Gasteiger partial charge in [0.15, 0.2) is 5.82 Å². The molecule has 0 radical (unpaired) electrons. The molecule has 0 spiro atoms. The van der Waals surface area contributed by atoms with Crippen molar-refractivity contribution in [1.82, 2.24) is 4.90 Å². The van der Waals surface area contributed by atoms with Crippen molar-refractivity contribution in [2.24, 2.45) is 5.92 Å². The van der Waals surface area contributed by atoms with E-state index < -0.39 is 23.1 Å². The van der Waals surface area contributed by atoms with E-state index in [-0.39, 0.29) is 5.69 Å². The molecule has 2 N–H and O–H groups in total. The Hall–Kier alpha value is -1.65. The molecule has 1 aliphatic heterocycles. The fourth-order valence-corrected chi connectivity index (χ4v) is 2.47. The van der Waals surface area contributed by atoms with Crippen molar-refractivity contribution < 1.29 is 13.6 Å². The summed E-state index contributed by atoms with van der Waals surface area (Å²) >= 11 is 0. The molecule has 104 valence electrons. The first-order valence-corrected chi connectivity index (χ1v) is 6.57. The quantitative estimate of drug-likeness (QED) is 0.838. The molecule has 0 unspecified atom stereocenters. The predicted molar refractivity (Wildman–Crippen MR) is 69.7 cm³/mol. The summed E-state index contributed by atoms with van der Waals surface area (Å²) in [6.07, 6.45) is 2.84. The molecule has 2 rings (SSSR count). The van der Waals surface area contributed by atoms with Gasteiger partial charge in [0.1, 0.15) is 11.4 Å². The molecule has 0 bridgehead atoms. The molecule has 1 aromatic rings. The van der Waals surface area contributed by atoms with E-state index >= 15 is 0 Å². The number of carbonyl (C=O) groups is 1. The molecule has 1 amide bonds. The minimum atomic E-state index is -0.956. The first-order chi connectivity index (χ1) is 9.04. The SMILES string of the molecule is CCC1CCN(C(=O)c2c(F)ccc(N)c2F)CC1. The van der Waals surface area contributed by atoms with Crippen LogP contribution in [0.15, 0.2) is 12.1 Å². The summed E-state index contributed by atoms with van der Waals surface area (Å²) in [7, 11) is 0. The lowest BCUT2D eigenvalue weighted by Gasteiger charge is -2.31. The third-order valence-electron chi connectivity index (χ3n) is 3.81. The van der Waals surface area contributed by atoms with E-state index in [1.807, 2.05) is 0 Å². The van der Waals surface area contributed by atoms with Crippen LogP contribution in [0, 0.1) is 17.6 Å². The number of amides is 1.